The number of hydrogen-bond acceptors (Lipinski definition) is 5. The first-order chi connectivity index (χ1) is 13.7. The van der Waals surface area contributed by atoms with Crippen molar-refractivity contribution in [1.82, 2.24) is 14.5 Å². The normalized spacial score (nSPS) is 20.9. The summed E-state index contributed by atoms with van der Waals surface area (Å²) in [6.07, 6.45) is 3.15. The lowest BCUT2D eigenvalue weighted by Crippen LogP contribution is -2.49. The monoisotopic (exact) mass is 396 g/mol. The number of benzene rings is 1. The highest BCUT2D eigenvalue weighted by Gasteiger charge is 2.32. The van der Waals surface area contributed by atoms with Crippen molar-refractivity contribution in [3.8, 4) is 0 Å². The number of para-hydroxylation sites is 1. The molecular weight excluding hydrogens is 372 g/mol. The fourth-order valence-corrected chi connectivity index (χ4v) is 5.64. The molecule has 1 aliphatic carbocycles. The van der Waals surface area contributed by atoms with Crippen molar-refractivity contribution in [2.45, 2.75) is 36.9 Å². The maximum Gasteiger partial charge on any atom is 0.257 e. The zero-order valence-electron chi connectivity index (χ0n) is 15.8. The molecular formula is C21H24N4O2S. The van der Waals surface area contributed by atoms with Crippen molar-refractivity contribution in [2.75, 3.05) is 36.8 Å². The van der Waals surface area contributed by atoms with Gasteiger partial charge in [0.2, 0.25) is 5.91 Å². The molecule has 2 aliphatic heterocycles. The number of rotatable bonds is 3. The highest BCUT2D eigenvalue weighted by molar-refractivity contribution is 7.99. The van der Waals surface area contributed by atoms with Crippen LogP contribution in [-0.4, -0.2) is 52.3 Å². The molecule has 3 heterocycles. The number of carbonyl (C=O) groups excluding carboxylic acids is 1. The highest BCUT2D eigenvalue weighted by Crippen LogP contribution is 2.34. The number of nitrogens with zero attached hydrogens (tertiary/aromatic N) is 4. The van der Waals surface area contributed by atoms with E-state index in [1.807, 2.05) is 23.1 Å². The van der Waals surface area contributed by atoms with Crippen LogP contribution in [0.3, 0.4) is 0 Å². The number of thioether (sulfide) groups is 1. The van der Waals surface area contributed by atoms with Gasteiger partial charge < -0.3 is 9.80 Å². The first kappa shape index (κ1) is 17.8. The zero-order valence-corrected chi connectivity index (χ0v) is 16.7. The highest BCUT2D eigenvalue weighted by atomic mass is 32.2. The van der Waals surface area contributed by atoms with Crippen LogP contribution in [0.4, 0.5) is 5.69 Å². The maximum absolute atomic E-state index is 12.9. The Morgan fingerprint density at radius 1 is 1.11 bits per heavy atom. The van der Waals surface area contributed by atoms with Gasteiger partial charge in [-0.15, -0.1) is 0 Å². The number of piperazine rings is 1. The van der Waals surface area contributed by atoms with Crippen LogP contribution < -0.4 is 10.5 Å². The number of hydrogen-bond donors (Lipinski definition) is 0. The van der Waals surface area contributed by atoms with E-state index in [0.29, 0.717) is 6.42 Å². The minimum absolute atomic E-state index is 0.0643. The van der Waals surface area contributed by atoms with Crippen molar-refractivity contribution in [2.24, 2.45) is 0 Å². The number of carbonyl (C=O) groups is 1. The Kier molecular flexibility index (Phi) is 4.62. The van der Waals surface area contributed by atoms with Crippen LogP contribution in [-0.2, 0) is 17.6 Å². The van der Waals surface area contributed by atoms with E-state index < -0.39 is 0 Å². The minimum Gasteiger partial charge on any atom is -0.368 e. The molecule has 7 heteroatoms. The lowest BCUT2D eigenvalue weighted by molar-refractivity contribution is -0.132. The van der Waals surface area contributed by atoms with E-state index in [1.165, 1.54) is 5.69 Å². The molecule has 3 aliphatic rings. The summed E-state index contributed by atoms with van der Waals surface area (Å²) >= 11 is 1.62. The molecule has 5 rings (SSSR count). The topological polar surface area (TPSA) is 58.4 Å². The van der Waals surface area contributed by atoms with Gasteiger partial charge in [0.1, 0.15) is 0 Å². The molecule has 1 saturated heterocycles. The molecule has 0 spiro atoms. The van der Waals surface area contributed by atoms with Gasteiger partial charge in [-0.2, -0.15) is 0 Å². The Hall–Kier alpha value is -2.28. The van der Waals surface area contributed by atoms with E-state index >= 15 is 0 Å². The van der Waals surface area contributed by atoms with Crippen LogP contribution >= 0.6 is 11.8 Å². The van der Waals surface area contributed by atoms with Crippen molar-refractivity contribution >= 4 is 23.4 Å². The molecule has 0 unspecified atom stereocenters. The SMILES string of the molecule is O=C(C[C@@H]1CSc2nc3c(c(=O)n21)CCC3)N1CCN(c2ccccc2)CC1. The van der Waals surface area contributed by atoms with E-state index in [1.54, 1.807) is 16.3 Å². The molecule has 1 aromatic heterocycles. The first-order valence-electron chi connectivity index (χ1n) is 10.1. The average molecular weight is 397 g/mol. The van der Waals surface area contributed by atoms with Crippen molar-refractivity contribution < 1.29 is 4.79 Å². The van der Waals surface area contributed by atoms with Gasteiger partial charge in [0, 0.05) is 49.6 Å². The third-order valence-electron chi connectivity index (χ3n) is 6.04. The van der Waals surface area contributed by atoms with E-state index in [2.05, 4.69) is 17.0 Å². The Morgan fingerprint density at radius 2 is 1.89 bits per heavy atom. The summed E-state index contributed by atoms with van der Waals surface area (Å²) in [5.74, 6) is 0.916. The summed E-state index contributed by atoms with van der Waals surface area (Å²) in [6, 6.07) is 10.3. The van der Waals surface area contributed by atoms with Gasteiger partial charge in [0.05, 0.1) is 11.7 Å². The second-order valence-electron chi connectivity index (χ2n) is 7.72. The summed E-state index contributed by atoms with van der Waals surface area (Å²) < 4.78 is 1.80. The van der Waals surface area contributed by atoms with Gasteiger partial charge in [-0.3, -0.25) is 14.2 Å². The summed E-state index contributed by atoms with van der Waals surface area (Å²) in [5.41, 5.74) is 3.16. The van der Waals surface area contributed by atoms with E-state index in [-0.39, 0.29) is 17.5 Å². The van der Waals surface area contributed by atoms with Crippen molar-refractivity contribution in [1.29, 1.82) is 0 Å². The predicted octanol–water partition coefficient (Wildman–Crippen LogP) is 2.12. The molecule has 6 nitrogen and oxygen atoms in total. The van der Waals surface area contributed by atoms with Crippen LogP contribution in [0.15, 0.2) is 40.3 Å². The summed E-state index contributed by atoms with van der Waals surface area (Å²) in [5, 5.41) is 0.803. The fraction of sp³-hybridized carbons (Fsp3) is 0.476. The molecule has 28 heavy (non-hydrogen) atoms. The molecule has 1 aromatic carbocycles. The molecule has 0 bridgehead atoms. The quantitative estimate of drug-likeness (QED) is 0.744. The van der Waals surface area contributed by atoms with Crippen LogP contribution in [0.5, 0.6) is 0 Å². The van der Waals surface area contributed by atoms with Crippen LogP contribution in [0, 0.1) is 0 Å². The minimum atomic E-state index is -0.0643. The van der Waals surface area contributed by atoms with Gasteiger partial charge in [-0.1, -0.05) is 30.0 Å². The molecule has 2 aromatic rings. The Labute approximate surface area is 168 Å². The molecule has 0 radical (unpaired) electrons. The summed E-state index contributed by atoms with van der Waals surface area (Å²) in [4.78, 5) is 34.8. The third kappa shape index (κ3) is 3.11. The lowest BCUT2D eigenvalue weighted by atomic mass is 10.1. The number of amides is 1. The Balaban J connectivity index is 1.25. The standard InChI is InChI=1S/C21H24N4O2S/c26-19(24-11-9-23(10-12-24)15-5-2-1-3-6-15)13-16-14-28-21-22-18-8-4-7-17(18)20(27)25(16)21/h1-3,5-6,16H,4,7-14H2/t16-/m1/s1. The van der Waals surface area contributed by atoms with Gasteiger partial charge in [-0.25, -0.2) is 4.98 Å². The van der Waals surface area contributed by atoms with Gasteiger partial charge in [0.15, 0.2) is 5.16 Å². The van der Waals surface area contributed by atoms with Gasteiger partial charge in [0.25, 0.3) is 5.56 Å². The maximum atomic E-state index is 12.9. The van der Waals surface area contributed by atoms with Crippen LogP contribution in [0.2, 0.25) is 0 Å². The summed E-state index contributed by atoms with van der Waals surface area (Å²) in [7, 11) is 0. The van der Waals surface area contributed by atoms with Crippen LogP contribution in [0.1, 0.15) is 30.1 Å². The largest absolute Gasteiger partial charge is 0.368 e. The fourth-order valence-electron chi connectivity index (χ4n) is 4.49. The van der Waals surface area contributed by atoms with Crippen molar-refractivity contribution in [3.63, 3.8) is 0 Å². The third-order valence-corrected chi connectivity index (χ3v) is 7.13. The number of fused-ring (bicyclic) bond motifs is 2. The van der Waals surface area contributed by atoms with E-state index in [9.17, 15) is 9.59 Å². The molecule has 0 N–H and O–H groups in total. The number of aryl methyl sites for hydroxylation is 1. The molecule has 0 saturated carbocycles. The van der Waals surface area contributed by atoms with Gasteiger partial charge in [-0.05, 0) is 31.4 Å². The molecule has 146 valence electrons. The summed E-state index contributed by atoms with van der Waals surface area (Å²) in [6.45, 7) is 3.16. The zero-order chi connectivity index (χ0) is 19.1. The first-order valence-corrected chi connectivity index (χ1v) is 11.0. The van der Waals surface area contributed by atoms with E-state index in [4.69, 9.17) is 4.98 Å². The predicted molar refractivity (Wildman–Crippen MR) is 110 cm³/mol. The second-order valence-corrected chi connectivity index (χ2v) is 8.71. The molecule has 1 amide bonds. The molecule has 1 fully saturated rings. The smallest absolute Gasteiger partial charge is 0.257 e. The van der Waals surface area contributed by atoms with Crippen molar-refractivity contribution in [3.05, 3.63) is 51.9 Å². The number of aromatic nitrogens is 2. The number of anilines is 1. The molecule has 1 atom stereocenters. The lowest BCUT2D eigenvalue weighted by Gasteiger charge is -2.36. The second kappa shape index (κ2) is 7.28. The Morgan fingerprint density at radius 3 is 2.68 bits per heavy atom. The van der Waals surface area contributed by atoms with Gasteiger partial charge >= 0.3 is 0 Å². The van der Waals surface area contributed by atoms with E-state index in [0.717, 1.165) is 67.6 Å². The average Bonchev–Trinajstić information content (AvgIpc) is 3.36. The Bertz CT molecular complexity index is 951. The van der Waals surface area contributed by atoms with Crippen LogP contribution in [0.25, 0.3) is 0 Å².